The molecule has 0 amide bonds. The van der Waals surface area contributed by atoms with Crippen LogP contribution in [0.5, 0.6) is 0 Å². The van der Waals surface area contributed by atoms with E-state index in [4.69, 9.17) is 9.47 Å². The molecule has 6 heteroatoms. The highest BCUT2D eigenvalue weighted by molar-refractivity contribution is 5.82. The minimum absolute atomic E-state index is 0.131. The van der Waals surface area contributed by atoms with Gasteiger partial charge in [-0.05, 0) is 20.3 Å². The van der Waals surface area contributed by atoms with Crippen molar-refractivity contribution in [2.45, 2.75) is 58.7 Å². The molecule has 0 aromatic rings. The van der Waals surface area contributed by atoms with E-state index in [-0.39, 0.29) is 12.8 Å². The fourth-order valence-electron chi connectivity index (χ4n) is 2.72. The van der Waals surface area contributed by atoms with Crippen LogP contribution in [0.4, 0.5) is 0 Å². The Hall–Kier alpha value is -2.11. The van der Waals surface area contributed by atoms with Crippen LogP contribution in [0.25, 0.3) is 0 Å². The van der Waals surface area contributed by atoms with E-state index in [0.717, 1.165) is 12.2 Å². The third kappa shape index (κ3) is 7.13. The van der Waals surface area contributed by atoms with Crippen LogP contribution in [0, 0.1) is 5.41 Å². The summed E-state index contributed by atoms with van der Waals surface area (Å²) in [7, 11) is 0. The number of carbonyl (C=O) groups is 3. The van der Waals surface area contributed by atoms with Gasteiger partial charge in [-0.2, -0.15) is 0 Å². The number of ether oxygens (including phenoxy) is 2. The molecule has 0 heterocycles. The largest absolute Gasteiger partial charge is 0.481 e. The summed E-state index contributed by atoms with van der Waals surface area (Å²) < 4.78 is 10.2. The molecule has 2 atom stereocenters. The van der Waals surface area contributed by atoms with Crippen molar-refractivity contribution in [3.8, 4) is 0 Å². The second kappa shape index (κ2) is 9.82. The van der Waals surface area contributed by atoms with Crippen molar-refractivity contribution >= 4 is 17.9 Å². The third-order valence-corrected chi connectivity index (χ3v) is 3.51. The van der Waals surface area contributed by atoms with Gasteiger partial charge in [0.05, 0.1) is 5.41 Å². The van der Waals surface area contributed by atoms with E-state index in [0.29, 0.717) is 12.8 Å². The van der Waals surface area contributed by atoms with Crippen LogP contribution < -0.4 is 0 Å². The lowest BCUT2D eigenvalue weighted by molar-refractivity contribution is -0.160. The Labute approximate surface area is 137 Å². The molecule has 0 aromatic heterocycles. The Bertz CT molecular complexity index is 424. The standard InChI is InChI=1S/C17H26O6/c1-6-9-17(16(20)21,10-12(4)22-14(18)7-2)11-13(5)23-15(19)8-3/h7-8,12-13H,2-3,6,9-11H2,1,4-5H3,(H,20,21). The van der Waals surface area contributed by atoms with Gasteiger partial charge in [0.15, 0.2) is 0 Å². The summed E-state index contributed by atoms with van der Waals surface area (Å²) in [5, 5.41) is 9.71. The first-order valence-corrected chi connectivity index (χ1v) is 7.60. The van der Waals surface area contributed by atoms with E-state index in [1.165, 1.54) is 0 Å². The Kier molecular flexibility index (Phi) is 8.92. The summed E-state index contributed by atoms with van der Waals surface area (Å²) in [5.41, 5.74) is -1.14. The van der Waals surface area contributed by atoms with Gasteiger partial charge in [0.25, 0.3) is 0 Å². The van der Waals surface area contributed by atoms with Gasteiger partial charge in [-0.1, -0.05) is 26.5 Å². The number of hydrogen-bond donors (Lipinski definition) is 1. The summed E-state index contributed by atoms with van der Waals surface area (Å²) in [6, 6.07) is 0. The highest BCUT2D eigenvalue weighted by Crippen LogP contribution is 2.37. The van der Waals surface area contributed by atoms with Crippen molar-refractivity contribution in [1.82, 2.24) is 0 Å². The Morgan fingerprint density at radius 2 is 1.43 bits per heavy atom. The van der Waals surface area contributed by atoms with Gasteiger partial charge in [0, 0.05) is 25.0 Å². The number of carboxylic acids is 1. The number of aliphatic carboxylic acids is 1. The van der Waals surface area contributed by atoms with Crippen LogP contribution in [0.2, 0.25) is 0 Å². The molecule has 0 rings (SSSR count). The summed E-state index contributed by atoms with van der Waals surface area (Å²) in [4.78, 5) is 34.4. The van der Waals surface area contributed by atoms with Crippen molar-refractivity contribution < 1.29 is 29.0 Å². The van der Waals surface area contributed by atoms with Crippen molar-refractivity contribution in [3.63, 3.8) is 0 Å². The van der Waals surface area contributed by atoms with Crippen LogP contribution in [0.1, 0.15) is 46.5 Å². The average Bonchev–Trinajstić information content (AvgIpc) is 2.46. The molecule has 0 radical (unpaired) electrons. The highest BCUT2D eigenvalue weighted by Gasteiger charge is 2.41. The van der Waals surface area contributed by atoms with Crippen LogP contribution in [-0.4, -0.2) is 35.2 Å². The molecular weight excluding hydrogens is 300 g/mol. The molecule has 130 valence electrons. The topological polar surface area (TPSA) is 89.9 Å². The van der Waals surface area contributed by atoms with Gasteiger partial charge >= 0.3 is 17.9 Å². The molecule has 0 aliphatic rings. The summed E-state index contributed by atoms with van der Waals surface area (Å²) in [6.07, 6.45) is 2.17. The average molecular weight is 326 g/mol. The maximum Gasteiger partial charge on any atom is 0.330 e. The van der Waals surface area contributed by atoms with Gasteiger partial charge < -0.3 is 14.6 Å². The molecule has 2 unspecified atom stereocenters. The minimum atomic E-state index is -1.14. The van der Waals surface area contributed by atoms with Crippen LogP contribution in [-0.2, 0) is 23.9 Å². The van der Waals surface area contributed by atoms with Gasteiger partial charge in [-0.15, -0.1) is 0 Å². The molecule has 0 saturated carbocycles. The minimum Gasteiger partial charge on any atom is -0.481 e. The van der Waals surface area contributed by atoms with Crippen LogP contribution in [0.3, 0.4) is 0 Å². The molecule has 0 saturated heterocycles. The second-order valence-corrected chi connectivity index (χ2v) is 5.65. The Morgan fingerprint density at radius 3 is 1.70 bits per heavy atom. The molecular formula is C17H26O6. The smallest absolute Gasteiger partial charge is 0.330 e. The second-order valence-electron chi connectivity index (χ2n) is 5.65. The number of rotatable bonds is 11. The maximum atomic E-state index is 11.9. The van der Waals surface area contributed by atoms with Gasteiger partial charge in [0.2, 0.25) is 0 Å². The molecule has 0 aromatic carbocycles. The molecule has 0 fully saturated rings. The zero-order valence-electron chi connectivity index (χ0n) is 14.0. The Balaban J connectivity index is 5.18. The van der Waals surface area contributed by atoms with E-state index >= 15 is 0 Å². The van der Waals surface area contributed by atoms with Gasteiger partial charge in [-0.25, -0.2) is 9.59 Å². The van der Waals surface area contributed by atoms with E-state index in [2.05, 4.69) is 13.2 Å². The van der Waals surface area contributed by atoms with Crippen molar-refractivity contribution in [2.75, 3.05) is 0 Å². The first-order valence-electron chi connectivity index (χ1n) is 7.60. The van der Waals surface area contributed by atoms with Crippen molar-refractivity contribution in [2.24, 2.45) is 5.41 Å². The molecule has 0 aliphatic carbocycles. The normalized spacial score (nSPS) is 15.6. The predicted molar refractivity (Wildman–Crippen MR) is 85.7 cm³/mol. The number of carboxylic acid groups (broad SMARTS) is 1. The lowest BCUT2D eigenvalue weighted by Crippen LogP contribution is -2.39. The Morgan fingerprint density at radius 1 is 1.04 bits per heavy atom. The predicted octanol–water partition coefficient (Wildman–Crippen LogP) is 2.87. The van der Waals surface area contributed by atoms with Crippen molar-refractivity contribution in [1.29, 1.82) is 0 Å². The first kappa shape index (κ1) is 20.9. The number of carbonyl (C=O) groups excluding carboxylic acids is 2. The first-order chi connectivity index (χ1) is 10.7. The summed E-state index contributed by atoms with van der Waals surface area (Å²) >= 11 is 0. The third-order valence-electron chi connectivity index (χ3n) is 3.51. The highest BCUT2D eigenvalue weighted by atomic mass is 16.5. The van der Waals surface area contributed by atoms with Crippen molar-refractivity contribution in [3.05, 3.63) is 25.3 Å². The van der Waals surface area contributed by atoms with E-state index in [1.807, 2.05) is 6.92 Å². The van der Waals surface area contributed by atoms with E-state index in [9.17, 15) is 19.5 Å². The lowest BCUT2D eigenvalue weighted by Gasteiger charge is -2.33. The zero-order chi connectivity index (χ0) is 18.0. The fraction of sp³-hybridized carbons (Fsp3) is 0.588. The molecule has 1 N–H and O–H groups in total. The summed E-state index contributed by atoms with van der Waals surface area (Å²) in [6.45, 7) is 11.8. The number of hydrogen-bond acceptors (Lipinski definition) is 5. The molecule has 0 bridgehead atoms. The quantitative estimate of drug-likeness (QED) is 0.464. The van der Waals surface area contributed by atoms with Crippen LogP contribution >= 0.6 is 0 Å². The molecule has 0 aliphatic heterocycles. The summed E-state index contributed by atoms with van der Waals surface area (Å²) in [5.74, 6) is -2.19. The fourth-order valence-corrected chi connectivity index (χ4v) is 2.72. The lowest BCUT2D eigenvalue weighted by atomic mass is 9.74. The van der Waals surface area contributed by atoms with Gasteiger partial charge in [-0.3, -0.25) is 4.79 Å². The zero-order valence-corrected chi connectivity index (χ0v) is 14.0. The van der Waals surface area contributed by atoms with E-state index in [1.54, 1.807) is 13.8 Å². The number of esters is 2. The monoisotopic (exact) mass is 326 g/mol. The SMILES string of the molecule is C=CC(=O)OC(C)CC(CCC)(CC(C)OC(=O)C=C)C(=O)O. The molecule has 0 spiro atoms. The molecule has 6 nitrogen and oxygen atoms in total. The van der Waals surface area contributed by atoms with E-state index < -0.39 is 35.5 Å². The molecule has 23 heavy (non-hydrogen) atoms. The van der Waals surface area contributed by atoms with Gasteiger partial charge in [0.1, 0.15) is 12.2 Å². The maximum absolute atomic E-state index is 11.9. The van der Waals surface area contributed by atoms with Crippen LogP contribution in [0.15, 0.2) is 25.3 Å².